The van der Waals surface area contributed by atoms with Crippen molar-refractivity contribution in [3.05, 3.63) is 71.8 Å². The van der Waals surface area contributed by atoms with Gasteiger partial charge in [0.1, 0.15) is 0 Å². The summed E-state index contributed by atoms with van der Waals surface area (Å²) < 4.78 is 6.16. The Balaban J connectivity index is 1.62. The summed E-state index contributed by atoms with van der Waals surface area (Å²) in [7, 11) is 4.41. The quantitative estimate of drug-likeness (QED) is 0.800. The lowest BCUT2D eigenvalue weighted by Gasteiger charge is -2.45. The SMILES string of the molecule is CN(C)[C@]1(c2ccccc2)CC[C@H](OCc2ccccc2)CC1. The first-order valence-electron chi connectivity index (χ1n) is 8.59. The van der Waals surface area contributed by atoms with Crippen LogP contribution in [0, 0.1) is 0 Å². The molecular weight excluding hydrogens is 282 g/mol. The lowest BCUT2D eigenvalue weighted by molar-refractivity contribution is -0.0248. The summed E-state index contributed by atoms with van der Waals surface area (Å²) in [6, 6.07) is 21.4. The Hall–Kier alpha value is -1.64. The molecule has 0 aromatic heterocycles. The molecule has 0 spiro atoms. The monoisotopic (exact) mass is 309 g/mol. The first-order valence-corrected chi connectivity index (χ1v) is 8.59. The Kier molecular flexibility index (Phi) is 5.14. The average molecular weight is 309 g/mol. The van der Waals surface area contributed by atoms with E-state index in [9.17, 15) is 0 Å². The van der Waals surface area contributed by atoms with E-state index in [1.54, 1.807) is 0 Å². The summed E-state index contributed by atoms with van der Waals surface area (Å²) in [4.78, 5) is 2.40. The lowest BCUT2D eigenvalue weighted by atomic mass is 9.74. The molecule has 0 aliphatic heterocycles. The summed E-state index contributed by atoms with van der Waals surface area (Å²) in [6.07, 6.45) is 4.94. The van der Waals surface area contributed by atoms with Crippen LogP contribution in [0.3, 0.4) is 0 Å². The summed E-state index contributed by atoms with van der Waals surface area (Å²) in [6.45, 7) is 0.728. The minimum atomic E-state index is 0.161. The van der Waals surface area contributed by atoms with E-state index in [0.29, 0.717) is 6.10 Å². The average Bonchev–Trinajstić information content (AvgIpc) is 2.62. The fraction of sp³-hybridized carbons (Fsp3) is 0.429. The van der Waals surface area contributed by atoms with Gasteiger partial charge in [0.25, 0.3) is 0 Å². The topological polar surface area (TPSA) is 12.5 Å². The Morgan fingerprint density at radius 1 is 0.913 bits per heavy atom. The number of ether oxygens (including phenoxy) is 1. The van der Waals surface area contributed by atoms with Gasteiger partial charge in [0, 0.05) is 5.54 Å². The standard InChI is InChI=1S/C21H27NO/c1-22(2)21(19-11-7-4-8-12-19)15-13-20(14-16-21)23-17-18-9-5-3-6-10-18/h3-12,20H,13-17H2,1-2H3/t20-,21+. The van der Waals surface area contributed by atoms with Crippen molar-refractivity contribution in [2.24, 2.45) is 0 Å². The van der Waals surface area contributed by atoms with E-state index in [2.05, 4.69) is 79.7 Å². The van der Waals surface area contributed by atoms with E-state index in [1.807, 2.05) is 0 Å². The third-order valence-corrected chi connectivity index (χ3v) is 5.26. The number of hydrogen-bond acceptors (Lipinski definition) is 2. The van der Waals surface area contributed by atoms with Gasteiger partial charge in [-0.15, -0.1) is 0 Å². The molecule has 2 aromatic carbocycles. The molecule has 122 valence electrons. The lowest BCUT2D eigenvalue weighted by Crippen LogP contribution is -2.45. The van der Waals surface area contributed by atoms with Crippen molar-refractivity contribution in [2.75, 3.05) is 14.1 Å². The van der Waals surface area contributed by atoms with Crippen LogP contribution in [0.1, 0.15) is 36.8 Å². The van der Waals surface area contributed by atoms with E-state index in [0.717, 1.165) is 32.3 Å². The minimum absolute atomic E-state index is 0.161. The number of nitrogens with zero attached hydrogens (tertiary/aromatic N) is 1. The van der Waals surface area contributed by atoms with Crippen molar-refractivity contribution in [3.63, 3.8) is 0 Å². The van der Waals surface area contributed by atoms with Gasteiger partial charge < -0.3 is 4.74 Å². The molecule has 0 radical (unpaired) electrons. The van der Waals surface area contributed by atoms with Crippen LogP contribution in [0.2, 0.25) is 0 Å². The van der Waals surface area contributed by atoms with Crippen LogP contribution >= 0.6 is 0 Å². The Bertz CT molecular complexity index is 586. The van der Waals surface area contributed by atoms with E-state index in [4.69, 9.17) is 4.74 Å². The third kappa shape index (κ3) is 3.65. The van der Waals surface area contributed by atoms with Gasteiger partial charge in [-0.2, -0.15) is 0 Å². The van der Waals surface area contributed by atoms with Gasteiger partial charge in [-0.25, -0.2) is 0 Å². The molecule has 1 aliphatic carbocycles. The Morgan fingerprint density at radius 3 is 2.04 bits per heavy atom. The predicted molar refractivity (Wildman–Crippen MR) is 95.3 cm³/mol. The van der Waals surface area contributed by atoms with Crippen LogP contribution in [-0.2, 0) is 16.9 Å². The normalized spacial score (nSPS) is 24.7. The predicted octanol–water partition coefficient (Wildman–Crippen LogP) is 4.60. The van der Waals surface area contributed by atoms with Crippen molar-refractivity contribution in [3.8, 4) is 0 Å². The van der Waals surface area contributed by atoms with Gasteiger partial charge in [-0.3, -0.25) is 4.90 Å². The fourth-order valence-electron chi connectivity index (χ4n) is 3.77. The van der Waals surface area contributed by atoms with Crippen molar-refractivity contribution < 1.29 is 4.74 Å². The summed E-state index contributed by atoms with van der Waals surface area (Å²) in [5.74, 6) is 0. The maximum atomic E-state index is 6.16. The highest BCUT2D eigenvalue weighted by molar-refractivity contribution is 5.25. The van der Waals surface area contributed by atoms with Crippen molar-refractivity contribution in [2.45, 2.75) is 43.9 Å². The molecule has 0 unspecified atom stereocenters. The molecule has 1 fully saturated rings. The van der Waals surface area contributed by atoms with Crippen LogP contribution in [0.15, 0.2) is 60.7 Å². The highest BCUT2D eigenvalue weighted by atomic mass is 16.5. The van der Waals surface area contributed by atoms with Crippen LogP contribution in [0.4, 0.5) is 0 Å². The van der Waals surface area contributed by atoms with Gasteiger partial charge >= 0.3 is 0 Å². The Labute approximate surface area is 140 Å². The van der Waals surface area contributed by atoms with Gasteiger partial charge in [-0.05, 0) is 50.9 Å². The van der Waals surface area contributed by atoms with Crippen molar-refractivity contribution >= 4 is 0 Å². The molecule has 0 N–H and O–H groups in total. The molecule has 2 aromatic rings. The molecule has 1 aliphatic rings. The van der Waals surface area contributed by atoms with Gasteiger partial charge in [0.15, 0.2) is 0 Å². The second kappa shape index (κ2) is 7.29. The van der Waals surface area contributed by atoms with Gasteiger partial charge in [-0.1, -0.05) is 60.7 Å². The molecule has 2 nitrogen and oxygen atoms in total. The molecule has 3 rings (SSSR count). The maximum Gasteiger partial charge on any atom is 0.0720 e. The number of hydrogen-bond donors (Lipinski definition) is 0. The second-order valence-corrected chi connectivity index (χ2v) is 6.79. The largest absolute Gasteiger partial charge is 0.374 e. The first-order chi connectivity index (χ1) is 11.2. The van der Waals surface area contributed by atoms with Crippen LogP contribution in [0.5, 0.6) is 0 Å². The van der Waals surface area contributed by atoms with E-state index in [1.165, 1.54) is 11.1 Å². The molecule has 0 atom stereocenters. The molecule has 0 saturated heterocycles. The zero-order chi connectivity index (χ0) is 16.1. The number of benzene rings is 2. The van der Waals surface area contributed by atoms with Crippen molar-refractivity contribution in [1.82, 2.24) is 4.90 Å². The van der Waals surface area contributed by atoms with E-state index in [-0.39, 0.29) is 5.54 Å². The molecule has 0 amide bonds. The molecule has 0 bridgehead atoms. The molecule has 23 heavy (non-hydrogen) atoms. The fourth-order valence-corrected chi connectivity index (χ4v) is 3.77. The molecule has 2 heteroatoms. The minimum Gasteiger partial charge on any atom is -0.374 e. The second-order valence-electron chi connectivity index (χ2n) is 6.79. The van der Waals surface area contributed by atoms with Gasteiger partial charge in [0.05, 0.1) is 12.7 Å². The van der Waals surface area contributed by atoms with Gasteiger partial charge in [0.2, 0.25) is 0 Å². The number of rotatable bonds is 5. The Morgan fingerprint density at radius 2 is 1.48 bits per heavy atom. The summed E-state index contributed by atoms with van der Waals surface area (Å²) in [5, 5.41) is 0. The van der Waals surface area contributed by atoms with Crippen LogP contribution < -0.4 is 0 Å². The van der Waals surface area contributed by atoms with Crippen molar-refractivity contribution in [1.29, 1.82) is 0 Å². The van der Waals surface area contributed by atoms with E-state index < -0.39 is 0 Å². The maximum absolute atomic E-state index is 6.16. The van der Waals surface area contributed by atoms with Crippen LogP contribution in [-0.4, -0.2) is 25.1 Å². The van der Waals surface area contributed by atoms with E-state index >= 15 is 0 Å². The highest BCUT2D eigenvalue weighted by Crippen LogP contribution is 2.41. The molecule has 1 saturated carbocycles. The zero-order valence-electron chi connectivity index (χ0n) is 14.2. The summed E-state index contributed by atoms with van der Waals surface area (Å²) >= 11 is 0. The zero-order valence-corrected chi connectivity index (χ0v) is 14.2. The highest BCUT2D eigenvalue weighted by Gasteiger charge is 2.38. The third-order valence-electron chi connectivity index (χ3n) is 5.26. The summed E-state index contributed by atoms with van der Waals surface area (Å²) in [5.41, 5.74) is 2.86. The van der Waals surface area contributed by atoms with Crippen LogP contribution in [0.25, 0.3) is 0 Å². The molecular formula is C21H27NO. The smallest absolute Gasteiger partial charge is 0.0720 e. The first kappa shape index (κ1) is 16.2. The molecule has 0 heterocycles.